The molecular weight excluding hydrogens is 322 g/mol. The quantitative estimate of drug-likeness (QED) is 0.653. The summed E-state index contributed by atoms with van der Waals surface area (Å²) in [4.78, 5) is 33.8. The molecule has 0 atom stereocenters. The van der Waals surface area contributed by atoms with Crippen LogP contribution in [0.4, 0.5) is 0 Å². The van der Waals surface area contributed by atoms with Crippen LogP contribution in [0.5, 0.6) is 0 Å². The van der Waals surface area contributed by atoms with E-state index in [1.165, 1.54) is 43.9 Å². The smallest absolute Gasteiger partial charge is 0.254 e. The molecular formula is C18H29N3O2S. The van der Waals surface area contributed by atoms with E-state index in [1.54, 1.807) is 0 Å². The maximum Gasteiger partial charge on any atom is 0.254 e. The number of aromatic amines is 1. The van der Waals surface area contributed by atoms with E-state index in [0.29, 0.717) is 29.6 Å². The van der Waals surface area contributed by atoms with E-state index in [4.69, 9.17) is 0 Å². The van der Waals surface area contributed by atoms with Gasteiger partial charge in [-0.25, -0.2) is 4.98 Å². The summed E-state index contributed by atoms with van der Waals surface area (Å²) in [6, 6.07) is 0.356. The number of H-pyrrole nitrogens is 1. The molecule has 1 amide bonds. The second-order valence-corrected chi connectivity index (χ2v) is 7.44. The van der Waals surface area contributed by atoms with E-state index in [1.807, 2.05) is 25.1 Å². The normalized spacial score (nSPS) is 16.5. The lowest BCUT2D eigenvalue weighted by atomic mass is 9.95. The van der Waals surface area contributed by atoms with E-state index < -0.39 is 0 Å². The molecule has 6 heteroatoms. The lowest BCUT2D eigenvalue weighted by Crippen LogP contribution is -2.37. The van der Waals surface area contributed by atoms with Gasteiger partial charge in [0.25, 0.3) is 5.56 Å². The molecule has 0 radical (unpaired) electrons. The predicted molar refractivity (Wildman–Crippen MR) is 98.6 cm³/mol. The van der Waals surface area contributed by atoms with Crippen molar-refractivity contribution in [2.75, 3.05) is 13.3 Å². The highest BCUT2D eigenvalue weighted by molar-refractivity contribution is 7.98. The van der Waals surface area contributed by atoms with Gasteiger partial charge in [0, 0.05) is 30.8 Å². The number of carbonyl (C=O) groups is 1. The Labute approximate surface area is 148 Å². The van der Waals surface area contributed by atoms with Crippen LogP contribution in [0.1, 0.15) is 62.6 Å². The van der Waals surface area contributed by atoms with Gasteiger partial charge < -0.3 is 9.88 Å². The van der Waals surface area contributed by atoms with Crippen molar-refractivity contribution in [3.8, 4) is 0 Å². The molecule has 5 nitrogen and oxygen atoms in total. The maximum absolute atomic E-state index is 12.5. The second kappa shape index (κ2) is 9.25. The Morgan fingerprint density at radius 1 is 1.25 bits per heavy atom. The third kappa shape index (κ3) is 5.10. The number of rotatable bonds is 5. The number of nitrogens with zero attached hydrogens (tertiary/aromatic N) is 2. The Hall–Kier alpha value is -1.30. The second-order valence-electron chi connectivity index (χ2n) is 6.64. The van der Waals surface area contributed by atoms with Crippen molar-refractivity contribution in [1.82, 2.24) is 14.9 Å². The van der Waals surface area contributed by atoms with Crippen LogP contribution in [0.3, 0.4) is 0 Å². The molecule has 0 bridgehead atoms. The first kappa shape index (κ1) is 19.0. The van der Waals surface area contributed by atoms with Crippen molar-refractivity contribution < 1.29 is 4.79 Å². The molecule has 1 aromatic rings. The van der Waals surface area contributed by atoms with Gasteiger partial charge in [-0.2, -0.15) is 0 Å². The van der Waals surface area contributed by atoms with Gasteiger partial charge in [-0.05, 0) is 32.4 Å². The van der Waals surface area contributed by atoms with Crippen LogP contribution in [0.15, 0.2) is 9.95 Å². The number of thioether (sulfide) groups is 1. The third-order valence-electron chi connectivity index (χ3n) is 5.00. The first-order valence-electron chi connectivity index (χ1n) is 8.92. The fraction of sp³-hybridized carbons (Fsp3) is 0.722. The van der Waals surface area contributed by atoms with Crippen LogP contribution in [0.2, 0.25) is 0 Å². The first-order valence-corrected chi connectivity index (χ1v) is 10.1. The minimum atomic E-state index is -0.117. The number of carbonyl (C=O) groups excluding carboxylic acids is 1. The number of aromatic nitrogens is 2. The molecule has 24 heavy (non-hydrogen) atoms. The Morgan fingerprint density at radius 3 is 2.46 bits per heavy atom. The Balaban J connectivity index is 1.95. The van der Waals surface area contributed by atoms with Crippen LogP contribution in [-0.2, 0) is 11.2 Å². The van der Waals surface area contributed by atoms with Crippen molar-refractivity contribution >= 4 is 17.7 Å². The lowest BCUT2D eigenvalue weighted by molar-refractivity contribution is -0.132. The summed E-state index contributed by atoms with van der Waals surface area (Å²) >= 11 is 1.42. The van der Waals surface area contributed by atoms with Crippen molar-refractivity contribution in [1.29, 1.82) is 0 Å². The van der Waals surface area contributed by atoms with E-state index >= 15 is 0 Å². The summed E-state index contributed by atoms with van der Waals surface area (Å²) < 4.78 is 0. The molecule has 0 aromatic carbocycles. The number of amides is 1. The topological polar surface area (TPSA) is 66.1 Å². The van der Waals surface area contributed by atoms with Crippen LogP contribution < -0.4 is 5.56 Å². The van der Waals surface area contributed by atoms with Crippen LogP contribution >= 0.6 is 11.8 Å². The van der Waals surface area contributed by atoms with Crippen LogP contribution in [0.25, 0.3) is 0 Å². The summed E-state index contributed by atoms with van der Waals surface area (Å²) in [5, 5.41) is 0.624. The summed E-state index contributed by atoms with van der Waals surface area (Å²) in [6.07, 6.45) is 11.2. The monoisotopic (exact) mass is 351 g/mol. The van der Waals surface area contributed by atoms with E-state index in [9.17, 15) is 9.59 Å². The molecule has 2 rings (SSSR count). The molecule has 0 aliphatic heterocycles. The van der Waals surface area contributed by atoms with Crippen LogP contribution in [-0.4, -0.2) is 40.1 Å². The number of nitrogens with one attached hydrogen (secondary N) is 1. The summed E-state index contributed by atoms with van der Waals surface area (Å²) in [5.74, 6) is 0.133. The molecule has 1 N–H and O–H groups in total. The fourth-order valence-corrected chi connectivity index (χ4v) is 3.83. The highest BCUT2D eigenvalue weighted by Gasteiger charge is 2.21. The molecule has 1 aliphatic carbocycles. The summed E-state index contributed by atoms with van der Waals surface area (Å²) in [6.45, 7) is 1.84. The number of hydrogen-bond donors (Lipinski definition) is 1. The van der Waals surface area contributed by atoms with Gasteiger partial charge in [-0.15, -0.1) is 0 Å². The van der Waals surface area contributed by atoms with Gasteiger partial charge in [0.15, 0.2) is 5.16 Å². The van der Waals surface area contributed by atoms with Gasteiger partial charge in [-0.1, -0.05) is 43.9 Å². The number of aryl methyl sites for hydroxylation is 1. The standard InChI is InChI=1S/C18H29N3O2S/c1-13-15(17(23)20-18(19-13)24-3)11-12-16(22)21(2)14-9-7-5-4-6-8-10-14/h14H,4-12H2,1-3H3,(H,19,20,23). The van der Waals surface area contributed by atoms with Gasteiger partial charge in [0.05, 0.1) is 0 Å². The molecule has 1 fully saturated rings. The first-order chi connectivity index (χ1) is 11.5. The molecule has 1 aliphatic rings. The predicted octanol–water partition coefficient (Wildman–Crippen LogP) is 3.30. The van der Waals surface area contributed by atoms with Crippen molar-refractivity contribution in [3.05, 3.63) is 21.6 Å². The van der Waals surface area contributed by atoms with Crippen molar-refractivity contribution in [3.63, 3.8) is 0 Å². The lowest BCUT2D eigenvalue weighted by Gasteiger charge is -2.30. The van der Waals surface area contributed by atoms with Crippen molar-refractivity contribution in [2.45, 2.75) is 75.9 Å². The highest BCUT2D eigenvalue weighted by Crippen LogP contribution is 2.21. The van der Waals surface area contributed by atoms with E-state index in [2.05, 4.69) is 9.97 Å². The molecule has 1 heterocycles. The van der Waals surface area contributed by atoms with Gasteiger partial charge in [-0.3, -0.25) is 9.59 Å². The Morgan fingerprint density at radius 2 is 1.88 bits per heavy atom. The third-order valence-corrected chi connectivity index (χ3v) is 5.58. The SMILES string of the molecule is CSc1nc(C)c(CCC(=O)N(C)C2CCCCCCC2)c(=O)[nH]1. The zero-order valence-corrected chi connectivity index (χ0v) is 15.9. The number of hydrogen-bond acceptors (Lipinski definition) is 4. The maximum atomic E-state index is 12.5. The van der Waals surface area contributed by atoms with E-state index in [-0.39, 0.29) is 11.5 Å². The molecule has 0 unspecified atom stereocenters. The fourth-order valence-electron chi connectivity index (χ4n) is 3.41. The summed E-state index contributed by atoms with van der Waals surface area (Å²) in [7, 11) is 1.92. The molecule has 0 saturated heterocycles. The van der Waals surface area contributed by atoms with E-state index in [0.717, 1.165) is 18.5 Å². The van der Waals surface area contributed by atoms with Gasteiger partial charge in [0.2, 0.25) is 5.91 Å². The molecule has 1 saturated carbocycles. The average Bonchev–Trinajstić information content (AvgIpc) is 2.52. The summed E-state index contributed by atoms with van der Waals surface area (Å²) in [5.41, 5.74) is 1.24. The van der Waals surface area contributed by atoms with Crippen molar-refractivity contribution in [2.24, 2.45) is 0 Å². The zero-order chi connectivity index (χ0) is 17.5. The molecule has 134 valence electrons. The highest BCUT2D eigenvalue weighted by atomic mass is 32.2. The largest absolute Gasteiger partial charge is 0.343 e. The zero-order valence-electron chi connectivity index (χ0n) is 15.1. The van der Waals surface area contributed by atoms with Gasteiger partial charge in [0.1, 0.15) is 0 Å². The Kier molecular flexibility index (Phi) is 7.34. The van der Waals surface area contributed by atoms with Gasteiger partial charge >= 0.3 is 0 Å². The molecule has 0 spiro atoms. The molecule has 1 aromatic heterocycles. The van der Waals surface area contributed by atoms with Crippen LogP contribution in [0, 0.1) is 6.92 Å². The Bertz CT molecular complexity index is 607. The minimum absolute atomic E-state index is 0.117. The minimum Gasteiger partial charge on any atom is -0.343 e. The average molecular weight is 352 g/mol.